The van der Waals surface area contributed by atoms with Crippen LogP contribution in [0.2, 0.25) is 0 Å². The summed E-state index contributed by atoms with van der Waals surface area (Å²) in [6.07, 6.45) is 0.646. The maximum atomic E-state index is 11.7. The van der Waals surface area contributed by atoms with E-state index in [1.165, 1.54) is 0 Å². The van der Waals surface area contributed by atoms with Gasteiger partial charge in [0.15, 0.2) is 0 Å². The fourth-order valence-electron chi connectivity index (χ4n) is 1.77. The molecule has 0 spiro atoms. The van der Waals surface area contributed by atoms with Gasteiger partial charge in [-0.1, -0.05) is 26.0 Å². The number of hydrogen-bond acceptors (Lipinski definition) is 3. The molecule has 0 aliphatic carbocycles. The number of primary amides is 1. The lowest BCUT2D eigenvalue weighted by Gasteiger charge is -2.14. The summed E-state index contributed by atoms with van der Waals surface area (Å²) in [5.41, 5.74) is 12.2. The number of nitrogens with two attached hydrogens (primary N) is 2. The molecule has 0 fully saturated rings. The first-order valence-corrected chi connectivity index (χ1v) is 6.32. The molecule has 0 aliphatic heterocycles. The second kappa shape index (κ2) is 8.55. The fraction of sp³-hybridized carbons (Fsp3) is 0.429. The predicted molar refractivity (Wildman–Crippen MR) is 81.5 cm³/mol. The molecule has 20 heavy (non-hydrogen) atoms. The Morgan fingerprint density at radius 1 is 1.30 bits per heavy atom. The van der Waals surface area contributed by atoms with E-state index in [2.05, 4.69) is 5.32 Å². The molecule has 1 aromatic carbocycles. The highest BCUT2D eigenvalue weighted by atomic mass is 35.5. The molecule has 6 heteroatoms. The molecule has 1 aromatic rings. The Balaban J connectivity index is 0.00000361. The van der Waals surface area contributed by atoms with E-state index in [0.717, 1.165) is 5.56 Å². The number of amides is 2. The molecule has 1 rings (SSSR count). The van der Waals surface area contributed by atoms with E-state index in [-0.39, 0.29) is 18.3 Å². The van der Waals surface area contributed by atoms with Crippen LogP contribution in [0.5, 0.6) is 0 Å². The molecular formula is C14H22ClN3O2. The van der Waals surface area contributed by atoms with Crippen LogP contribution in [0, 0.1) is 5.92 Å². The van der Waals surface area contributed by atoms with Gasteiger partial charge in [0.1, 0.15) is 0 Å². The molecule has 2 amide bonds. The molecule has 0 saturated carbocycles. The van der Waals surface area contributed by atoms with Gasteiger partial charge in [0.05, 0.1) is 6.04 Å². The Hall–Kier alpha value is -1.59. The zero-order valence-corrected chi connectivity index (χ0v) is 12.6. The maximum Gasteiger partial charge on any atom is 0.248 e. The third-order valence-electron chi connectivity index (χ3n) is 2.74. The third-order valence-corrected chi connectivity index (χ3v) is 2.74. The Kier molecular flexibility index (Phi) is 7.87. The van der Waals surface area contributed by atoms with Crippen LogP contribution in [0.15, 0.2) is 24.3 Å². The lowest BCUT2D eigenvalue weighted by Crippen LogP contribution is -2.41. The van der Waals surface area contributed by atoms with Crippen molar-refractivity contribution in [2.75, 3.05) is 0 Å². The smallest absolute Gasteiger partial charge is 0.248 e. The van der Waals surface area contributed by atoms with Crippen LogP contribution < -0.4 is 16.8 Å². The lowest BCUT2D eigenvalue weighted by molar-refractivity contribution is -0.122. The molecule has 0 aliphatic rings. The fourth-order valence-corrected chi connectivity index (χ4v) is 1.77. The van der Waals surface area contributed by atoms with E-state index in [1.807, 2.05) is 19.9 Å². The van der Waals surface area contributed by atoms with Gasteiger partial charge in [-0.3, -0.25) is 9.59 Å². The largest absolute Gasteiger partial charge is 0.366 e. The normalized spacial score (nSPS) is 11.6. The van der Waals surface area contributed by atoms with Crippen molar-refractivity contribution in [1.82, 2.24) is 5.32 Å². The number of halogens is 1. The number of carbonyl (C=O) groups excluding carboxylic acids is 2. The van der Waals surface area contributed by atoms with Crippen molar-refractivity contribution in [3.63, 3.8) is 0 Å². The molecular weight excluding hydrogens is 278 g/mol. The Labute approximate surface area is 125 Å². The summed E-state index contributed by atoms with van der Waals surface area (Å²) in [7, 11) is 0. The molecule has 0 heterocycles. The van der Waals surface area contributed by atoms with E-state index >= 15 is 0 Å². The number of carbonyl (C=O) groups is 2. The minimum atomic E-state index is -0.501. The number of rotatable bonds is 6. The van der Waals surface area contributed by atoms with Gasteiger partial charge in [0.25, 0.3) is 0 Å². The summed E-state index contributed by atoms with van der Waals surface area (Å²) in [6.45, 7) is 4.37. The first kappa shape index (κ1) is 18.4. The van der Waals surface area contributed by atoms with Crippen LogP contribution in [-0.2, 0) is 11.3 Å². The second-order valence-corrected chi connectivity index (χ2v) is 5.02. The molecule has 0 unspecified atom stereocenters. The molecule has 0 saturated heterocycles. The van der Waals surface area contributed by atoms with Crippen molar-refractivity contribution in [3.05, 3.63) is 35.4 Å². The summed E-state index contributed by atoms with van der Waals surface area (Å²) < 4.78 is 0. The lowest BCUT2D eigenvalue weighted by atomic mass is 10.0. The van der Waals surface area contributed by atoms with Gasteiger partial charge in [-0.25, -0.2) is 0 Å². The molecule has 0 aromatic heterocycles. The molecule has 0 radical (unpaired) electrons. The Bertz CT molecular complexity index is 463. The van der Waals surface area contributed by atoms with Crippen LogP contribution in [0.1, 0.15) is 36.2 Å². The van der Waals surface area contributed by atoms with E-state index in [9.17, 15) is 9.59 Å². The highest BCUT2D eigenvalue weighted by Gasteiger charge is 2.14. The van der Waals surface area contributed by atoms with Crippen molar-refractivity contribution in [2.45, 2.75) is 32.9 Å². The van der Waals surface area contributed by atoms with Crippen molar-refractivity contribution in [1.29, 1.82) is 0 Å². The maximum absolute atomic E-state index is 11.7. The first-order chi connectivity index (χ1) is 8.90. The quantitative estimate of drug-likeness (QED) is 0.736. The first-order valence-electron chi connectivity index (χ1n) is 6.32. The van der Waals surface area contributed by atoms with Crippen LogP contribution in [-0.4, -0.2) is 17.9 Å². The zero-order chi connectivity index (χ0) is 14.4. The second-order valence-electron chi connectivity index (χ2n) is 5.02. The minimum Gasteiger partial charge on any atom is -0.366 e. The minimum absolute atomic E-state index is 0. The van der Waals surface area contributed by atoms with Crippen LogP contribution in [0.25, 0.3) is 0 Å². The zero-order valence-electron chi connectivity index (χ0n) is 11.8. The summed E-state index contributed by atoms with van der Waals surface area (Å²) in [6, 6.07) is 6.35. The van der Waals surface area contributed by atoms with Crippen molar-refractivity contribution in [2.24, 2.45) is 17.4 Å². The van der Waals surface area contributed by atoms with Crippen LogP contribution in [0.3, 0.4) is 0 Å². The molecule has 5 nitrogen and oxygen atoms in total. The van der Waals surface area contributed by atoms with E-state index in [1.54, 1.807) is 18.2 Å². The van der Waals surface area contributed by atoms with Crippen LogP contribution >= 0.6 is 12.4 Å². The van der Waals surface area contributed by atoms with Gasteiger partial charge in [-0.05, 0) is 30.0 Å². The SMILES string of the molecule is CC(C)C[C@H](N)C(=O)NCc1cccc(C(N)=O)c1.Cl. The van der Waals surface area contributed by atoms with E-state index in [0.29, 0.717) is 24.4 Å². The number of nitrogens with one attached hydrogen (secondary N) is 1. The predicted octanol–water partition coefficient (Wildman–Crippen LogP) is 1.20. The van der Waals surface area contributed by atoms with Crippen molar-refractivity contribution >= 4 is 24.2 Å². The van der Waals surface area contributed by atoms with Crippen molar-refractivity contribution in [3.8, 4) is 0 Å². The average molecular weight is 300 g/mol. The number of hydrogen-bond donors (Lipinski definition) is 3. The molecule has 112 valence electrons. The van der Waals surface area contributed by atoms with Gasteiger partial charge in [0.2, 0.25) is 11.8 Å². The van der Waals surface area contributed by atoms with Crippen LogP contribution in [0.4, 0.5) is 0 Å². The van der Waals surface area contributed by atoms with Gasteiger partial charge in [-0.15, -0.1) is 12.4 Å². The molecule has 0 bridgehead atoms. The van der Waals surface area contributed by atoms with Gasteiger partial charge >= 0.3 is 0 Å². The standard InChI is InChI=1S/C14H21N3O2.ClH/c1-9(2)6-12(15)14(19)17-8-10-4-3-5-11(7-10)13(16)18;/h3-5,7,9,12H,6,8,15H2,1-2H3,(H2,16,18)(H,17,19);1H/t12-;/m0./s1. The molecule has 5 N–H and O–H groups in total. The monoisotopic (exact) mass is 299 g/mol. The van der Waals surface area contributed by atoms with Gasteiger partial charge in [-0.2, -0.15) is 0 Å². The third kappa shape index (κ3) is 6.04. The summed E-state index contributed by atoms with van der Waals surface area (Å²) >= 11 is 0. The number of benzene rings is 1. The van der Waals surface area contributed by atoms with E-state index in [4.69, 9.17) is 11.5 Å². The average Bonchev–Trinajstić information content (AvgIpc) is 2.35. The summed E-state index contributed by atoms with van der Waals surface area (Å²) in [5, 5.41) is 2.75. The van der Waals surface area contributed by atoms with Gasteiger partial charge in [0, 0.05) is 12.1 Å². The highest BCUT2D eigenvalue weighted by molar-refractivity contribution is 5.92. The Morgan fingerprint density at radius 2 is 1.95 bits per heavy atom. The van der Waals surface area contributed by atoms with Gasteiger partial charge < -0.3 is 16.8 Å². The summed E-state index contributed by atoms with van der Waals surface area (Å²) in [4.78, 5) is 22.8. The summed E-state index contributed by atoms with van der Waals surface area (Å²) in [5.74, 6) is -0.290. The highest BCUT2D eigenvalue weighted by Crippen LogP contribution is 2.06. The molecule has 1 atom stereocenters. The van der Waals surface area contributed by atoms with E-state index < -0.39 is 11.9 Å². The Morgan fingerprint density at radius 3 is 2.50 bits per heavy atom. The van der Waals surface area contributed by atoms with Crippen molar-refractivity contribution < 1.29 is 9.59 Å². The topological polar surface area (TPSA) is 98.2 Å².